The summed E-state index contributed by atoms with van der Waals surface area (Å²) >= 11 is 0. The van der Waals surface area contributed by atoms with Gasteiger partial charge < -0.3 is 16.2 Å². The highest BCUT2D eigenvalue weighted by molar-refractivity contribution is 5.78. The van der Waals surface area contributed by atoms with Crippen molar-refractivity contribution in [3.05, 3.63) is 0 Å². The quantitative estimate of drug-likeness (QED) is 0.578. The maximum Gasteiger partial charge on any atom is 0.234 e. The second kappa shape index (κ2) is 5.12. The van der Waals surface area contributed by atoms with E-state index in [4.69, 9.17) is 5.73 Å². The van der Waals surface area contributed by atoms with Crippen LogP contribution in [0.2, 0.25) is 0 Å². The van der Waals surface area contributed by atoms with E-state index in [1.165, 1.54) is 0 Å². The lowest BCUT2D eigenvalue weighted by Gasteiger charge is -2.36. The molecule has 5 heteroatoms. The Morgan fingerprint density at radius 2 is 2.00 bits per heavy atom. The Kier molecular flexibility index (Phi) is 3.78. The SMILES string of the molecule is NCCNC(=O)CN1C2CCC1CC(O)C2. The van der Waals surface area contributed by atoms with Crippen molar-refractivity contribution in [2.45, 2.75) is 43.9 Å². The van der Waals surface area contributed by atoms with Gasteiger partial charge in [-0.3, -0.25) is 9.69 Å². The molecule has 0 aromatic rings. The van der Waals surface area contributed by atoms with Crippen LogP contribution < -0.4 is 11.1 Å². The number of aliphatic hydroxyl groups is 1. The van der Waals surface area contributed by atoms with Gasteiger partial charge in [-0.05, 0) is 25.7 Å². The molecule has 0 aromatic heterocycles. The summed E-state index contributed by atoms with van der Waals surface area (Å²) < 4.78 is 0. The predicted octanol–water partition coefficient (Wildman–Crippen LogP) is -0.951. The van der Waals surface area contributed by atoms with Crippen LogP contribution in [0.3, 0.4) is 0 Å². The lowest BCUT2D eigenvalue weighted by molar-refractivity contribution is -0.123. The number of hydrogen-bond acceptors (Lipinski definition) is 4. The Balaban J connectivity index is 1.84. The van der Waals surface area contributed by atoms with Gasteiger partial charge in [0, 0.05) is 25.2 Å². The molecule has 92 valence electrons. The van der Waals surface area contributed by atoms with Gasteiger partial charge >= 0.3 is 0 Å². The van der Waals surface area contributed by atoms with Crippen LogP contribution in [0.4, 0.5) is 0 Å². The number of nitrogens with zero attached hydrogens (tertiary/aromatic N) is 1. The van der Waals surface area contributed by atoms with Gasteiger partial charge in [0.1, 0.15) is 0 Å². The summed E-state index contributed by atoms with van der Waals surface area (Å²) in [7, 11) is 0. The van der Waals surface area contributed by atoms with E-state index < -0.39 is 0 Å². The summed E-state index contributed by atoms with van der Waals surface area (Å²) in [5, 5.41) is 12.4. The van der Waals surface area contributed by atoms with Gasteiger partial charge in [0.25, 0.3) is 0 Å². The lowest BCUT2D eigenvalue weighted by atomic mass is 10.00. The highest BCUT2D eigenvalue weighted by Gasteiger charge is 2.40. The molecule has 2 atom stereocenters. The molecule has 2 unspecified atom stereocenters. The van der Waals surface area contributed by atoms with Crippen LogP contribution in [0, 0.1) is 0 Å². The number of rotatable bonds is 4. The van der Waals surface area contributed by atoms with Crippen molar-refractivity contribution in [1.29, 1.82) is 0 Å². The van der Waals surface area contributed by atoms with Gasteiger partial charge in [-0.2, -0.15) is 0 Å². The molecule has 0 aliphatic carbocycles. The van der Waals surface area contributed by atoms with Gasteiger partial charge in [0.15, 0.2) is 0 Å². The number of fused-ring (bicyclic) bond motifs is 2. The standard InChI is InChI=1S/C11H21N3O2/c12-3-4-13-11(16)7-14-8-1-2-9(14)6-10(15)5-8/h8-10,15H,1-7,12H2,(H,13,16). The summed E-state index contributed by atoms with van der Waals surface area (Å²) in [6.45, 7) is 1.49. The van der Waals surface area contributed by atoms with E-state index in [1.54, 1.807) is 0 Å². The van der Waals surface area contributed by atoms with Crippen LogP contribution in [0.25, 0.3) is 0 Å². The minimum atomic E-state index is -0.166. The molecule has 16 heavy (non-hydrogen) atoms. The first-order valence-corrected chi connectivity index (χ1v) is 6.11. The lowest BCUT2D eigenvalue weighted by Crippen LogP contribution is -2.49. The molecular weight excluding hydrogens is 206 g/mol. The van der Waals surface area contributed by atoms with Crippen molar-refractivity contribution < 1.29 is 9.90 Å². The Hall–Kier alpha value is -0.650. The zero-order valence-electron chi connectivity index (χ0n) is 9.56. The Labute approximate surface area is 96.0 Å². The molecule has 0 saturated carbocycles. The molecular formula is C11H21N3O2. The Bertz CT molecular complexity index is 246. The fourth-order valence-electron chi connectivity index (χ4n) is 2.94. The van der Waals surface area contributed by atoms with Gasteiger partial charge in [-0.15, -0.1) is 0 Å². The van der Waals surface area contributed by atoms with Crippen molar-refractivity contribution in [1.82, 2.24) is 10.2 Å². The minimum absolute atomic E-state index is 0.0544. The topological polar surface area (TPSA) is 78.6 Å². The van der Waals surface area contributed by atoms with Crippen molar-refractivity contribution in [2.24, 2.45) is 5.73 Å². The fraction of sp³-hybridized carbons (Fsp3) is 0.909. The van der Waals surface area contributed by atoms with E-state index in [-0.39, 0.29) is 12.0 Å². The molecule has 2 bridgehead atoms. The third-order valence-electron chi connectivity index (χ3n) is 3.65. The van der Waals surface area contributed by atoms with Crippen LogP contribution in [0.1, 0.15) is 25.7 Å². The first-order valence-electron chi connectivity index (χ1n) is 6.11. The molecule has 2 aliphatic heterocycles. The van der Waals surface area contributed by atoms with Crippen molar-refractivity contribution in [3.8, 4) is 0 Å². The molecule has 4 N–H and O–H groups in total. The average molecular weight is 227 g/mol. The van der Waals surface area contributed by atoms with E-state index >= 15 is 0 Å². The molecule has 1 amide bonds. The molecule has 2 rings (SSSR count). The number of piperidine rings is 1. The number of aliphatic hydroxyl groups excluding tert-OH is 1. The molecule has 0 radical (unpaired) electrons. The maximum absolute atomic E-state index is 11.6. The zero-order valence-corrected chi connectivity index (χ0v) is 9.56. The zero-order chi connectivity index (χ0) is 11.5. The van der Waals surface area contributed by atoms with Crippen LogP contribution in [0.5, 0.6) is 0 Å². The number of hydrogen-bond donors (Lipinski definition) is 3. The highest BCUT2D eigenvalue weighted by Crippen LogP contribution is 2.35. The Morgan fingerprint density at radius 3 is 2.56 bits per heavy atom. The van der Waals surface area contributed by atoms with Crippen molar-refractivity contribution >= 4 is 5.91 Å². The monoisotopic (exact) mass is 227 g/mol. The molecule has 2 aliphatic rings. The summed E-state index contributed by atoms with van der Waals surface area (Å²) in [6, 6.07) is 0.801. The van der Waals surface area contributed by atoms with E-state index in [9.17, 15) is 9.90 Å². The van der Waals surface area contributed by atoms with Crippen LogP contribution in [-0.2, 0) is 4.79 Å². The van der Waals surface area contributed by atoms with Crippen LogP contribution in [-0.4, -0.2) is 53.7 Å². The first kappa shape index (κ1) is 11.8. The summed E-state index contributed by atoms with van der Waals surface area (Å²) in [4.78, 5) is 13.8. The molecule has 2 heterocycles. The molecule has 2 fully saturated rings. The van der Waals surface area contributed by atoms with Crippen molar-refractivity contribution in [2.75, 3.05) is 19.6 Å². The molecule has 0 spiro atoms. The van der Waals surface area contributed by atoms with E-state index in [0.29, 0.717) is 31.7 Å². The average Bonchev–Trinajstić information content (AvgIpc) is 2.50. The smallest absolute Gasteiger partial charge is 0.234 e. The van der Waals surface area contributed by atoms with Gasteiger partial charge in [0.2, 0.25) is 5.91 Å². The van der Waals surface area contributed by atoms with E-state index in [1.807, 2.05) is 0 Å². The van der Waals surface area contributed by atoms with Gasteiger partial charge in [-0.25, -0.2) is 0 Å². The van der Waals surface area contributed by atoms with E-state index in [2.05, 4.69) is 10.2 Å². The van der Waals surface area contributed by atoms with Crippen molar-refractivity contribution in [3.63, 3.8) is 0 Å². The van der Waals surface area contributed by atoms with E-state index in [0.717, 1.165) is 25.7 Å². The van der Waals surface area contributed by atoms with Crippen LogP contribution in [0.15, 0.2) is 0 Å². The number of carbonyl (C=O) groups is 1. The maximum atomic E-state index is 11.6. The summed E-state index contributed by atoms with van der Waals surface area (Å²) in [5.74, 6) is 0.0544. The number of nitrogens with two attached hydrogens (primary N) is 1. The third kappa shape index (κ3) is 2.53. The minimum Gasteiger partial charge on any atom is -0.393 e. The second-order valence-corrected chi connectivity index (χ2v) is 4.82. The normalized spacial score (nSPS) is 34.0. The van der Waals surface area contributed by atoms with Gasteiger partial charge in [-0.1, -0.05) is 0 Å². The molecule has 5 nitrogen and oxygen atoms in total. The first-order chi connectivity index (χ1) is 7.70. The summed E-state index contributed by atoms with van der Waals surface area (Å²) in [6.07, 6.45) is 3.71. The highest BCUT2D eigenvalue weighted by atomic mass is 16.3. The fourth-order valence-corrected chi connectivity index (χ4v) is 2.94. The summed E-state index contributed by atoms with van der Waals surface area (Å²) in [5.41, 5.74) is 5.33. The number of nitrogens with one attached hydrogen (secondary N) is 1. The van der Waals surface area contributed by atoms with Gasteiger partial charge in [0.05, 0.1) is 12.6 Å². The predicted molar refractivity (Wildman–Crippen MR) is 60.8 cm³/mol. The largest absolute Gasteiger partial charge is 0.393 e. The second-order valence-electron chi connectivity index (χ2n) is 4.82. The van der Waals surface area contributed by atoms with Crippen LogP contribution >= 0.6 is 0 Å². The molecule has 0 aromatic carbocycles. The number of amides is 1. The number of carbonyl (C=O) groups excluding carboxylic acids is 1. The third-order valence-corrected chi connectivity index (χ3v) is 3.65. The molecule has 2 saturated heterocycles. The Morgan fingerprint density at radius 1 is 1.38 bits per heavy atom.